The summed E-state index contributed by atoms with van der Waals surface area (Å²) in [4.78, 5) is 0. The van der Waals surface area contributed by atoms with Crippen molar-refractivity contribution in [2.24, 2.45) is 0 Å². The first kappa shape index (κ1) is 34.9. The van der Waals surface area contributed by atoms with Gasteiger partial charge in [0.25, 0.3) is 0 Å². The first-order chi connectivity index (χ1) is 0. The van der Waals surface area contributed by atoms with Crippen molar-refractivity contribution in [3.63, 3.8) is 0 Å². The van der Waals surface area contributed by atoms with Crippen LogP contribution in [0.4, 0.5) is 0 Å². The van der Waals surface area contributed by atoms with Gasteiger partial charge in [-0.2, -0.15) is 0 Å². The molecule has 0 rings (SSSR count). The van der Waals surface area contributed by atoms with Crippen molar-refractivity contribution in [2.45, 2.75) is 0 Å². The minimum atomic E-state index is 0. The van der Waals surface area contributed by atoms with Gasteiger partial charge in [0.1, 0.15) is 0 Å². The summed E-state index contributed by atoms with van der Waals surface area (Å²) in [6.45, 7) is 0. The maximum atomic E-state index is 0. The van der Waals surface area contributed by atoms with Gasteiger partial charge in [-0.25, -0.2) is 0 Å². The van der Waals surface area contributed by atoms with E-state index >= 15 is 0 Å². The van der Waals surface area contributed by atoms with Crippen molar-refractivity contribution in [3.8, 4) is 0 Å². The van der Waals surface area contributed by atoms with Crippen LogP contribution >= 0.6 is 0 Å². The van der Waals surface area contributed by atoms with Gasteiger partial charge in [0.2, 0.25) is 0 Å². The third-order valence-electron chi connectivity index (χ3n) is 0. The Bertz CT molecular complexity index is 6.00. The van der Waals surface area contributed by atoms with Gasteiger partial charge in [-0.05, 0) is 0 Å². The molecule has 0 aliphatic heterocycles. The monoisotopic (exact) mass is 178 g/mol. The second-order valence-electron chi connectivity index (χ2n) is 0. The molecular weight excluding hydrogens is 172 g/mol. The van der Waals surface area contributed by atoms with E-state index in [0.717, 1.165) is 0 Å². The molecule has 4 heteroatoms. The summed E-state index contributed by atoms with van der Waals surface area (Å²) < 4.78 is 0. The molecule has 0 radical (unpaired) electrons. The molecule has 0 aromatic rings. The zero-order valence-electron chi connectivity index (χ0n) is 1.35. The fraction of sp³-hybridized carbons (Fsp3) is 0. The molecule has 0 heterocycles. The molecule has 0 unspecified atom stereocenters. The standard InChI is InChI=1S/K.2H2O.Ru.H/h;2*1H2;;. The maximum Gasteiger partial charge on any atom is 0 e. The molecule has 0 aliphatic rings. The third kappa shape index (κ3) is 8.89. The average Bonchev–Trinajstić information content (AvgIpc) is 0. The predicted molar refractivity (Wildman–Crippen MR) is 14.4 cm³/mol. The summed E-state index contributed by atoms with van der Waals surface area (Å²) >= 11 is 0. The van der Waals surface area contributed by atoms with E-state index in [9.17, 15) is 0 Å². The van der Waals surface area contributed by atoms with Crippen molar-refractivity contribution in [2.75, 3.05) is 0 Å². The molecule has 0 saturated carbocycles. The van der Waals surface area contributed by atoms with Gasteiger partial charge < -0.3 is 11.0 Å². The predicted octanol–water partition coefficient (Wildman–Crippen LogP) is -2.30. The summed E-state index contributed by atoms with van der Waals surface area (Å²) in [5.74, 6) is 0. The van der Waals surface area contributed by atoms with E-state index < -0.39 is 0 Å². The normalized spacial score (nSPS) is 0. The Morgan fingerprint density at radius 2 is 0.750 bits per heavy atom. The molecule has 0 aliphatic carbocycles. The number of hydrogen-bond acceptors (Lipinski definition) is 0. The van der Waals surface area contributed by atoms with Crippen LogP contribution in [-0.2, 0) is 19.5 Å². The SMILES string of the molecule is O.O.[KH].[Ru]. The van der Waals surface area contributed by atoms with Gasteiger partial charge in [0.05, 0.1) is 0 Å². The van der Waals surface area contributed by atoms with E-state index in [0.29, 0.717) is 0 Å². The van der Waals surface area contributed by atoms with Gasteiger partial charge in [0, 0.05) is 19.5 Å². The van der Waals surface area contributed by atoms with Gasteiger partial charge in [-0.1, -0.05) is 0 Å². The van der Waals surface area contributed by atoms with E-state index in [1.807, 2.05) is 0 Å². The Morgan fingerprint density at radius 3 is 0.750 bits per heavy atom. The summed E-state index contributed by atoms with van der Waals surface area (Å²) in [7, 11) is 0. The van der Waals surface area contributed by atoms with Crippen LogP contribution in [0.5, 0.6) is 0 Å². The molecule has 0 spiro atoms. The van der Waals surface area contributed by atoms with Crippen molar-refractivity contribution in [1.82, 2.24) is 0 Å². The summed E-state index contributed by atoms with van der Waals surface area (Å²) in [6, 6.07) is 0. The van der Waals surface area contributed by atoms with Crippen LogP contribution in [0.15, 0.2) is 0 Å². The summed E-state index contributed by atoms with van der Waals surface area (Å²) in [5, 5.41) is 0. The Labute approximate surface area is 80.1 Å². The van der Waals surface area contributed by atoms with Crippen molar-refractivity contribution < 1.29 is 30.4 Å². The molecule has 4 N–H and O–H groups in total. The smallest absolute Gasteiger partial charge is 0 e. The minimum Gasteiger partial charge on any atom is 0 e. The summed E-state index contributed by atoms with van der Waals surface area (Å²) in [6.07, 6.45) is 0. The largest absolute Gasteiger partial charge is 0 e. The molecule has 26 valence electrons. The van der Waals surface area contributed by atoms with E-state index in [-0.39, 0.29) is 81.8 Å². The van der Waals surface area contributed by atoms with E-state index in [2.05, 4.69) is 0 Å². The van der Waals surface area contributed by atoms with E-state index in [4.69, 9.17) is 0 Å². The Morgan fingerprint density at radius 1 is 0.750 bits per heavy atom. The van der Waals surface area contributed by atoms with Gasteiger partial charge in [-0.3, -0.25) is 0 Å². The van der Waals surface area contributed by atoms with Crippen LogP contribution in [0.2, 0.25) is 0 Å². The maximum absolute atomic E-state index is 0. The molecule has 0 amide bonds. The fourth-order valence-corrected chi connectivity index (χ4v) is 0. The Balaban J connectivity index is 0. The molecule has 0 saturated heterocycles. The van der Waals surface area contributed by atoms with E-state index in [1.165, 1.54) is 0 Å². The fourth-order valence-electron chi connectivity index (χ4n) is 0. The van der Waals surface area contributed by atoms with Gasteiger partial charge in [0.15, 0.2) is 0 Å². The van der Waals surface area contributed by atoms with Crippen LogP contribution in [0.1, 0.15) is 0 Å². The van der Waals surface area contributed by atoms with Crippen molar-refractivity contribution >= 4 is 51.4 Å². The molecule has 0 aromatic carbocycles. The zero-order chi connectivity index (χ0) is 0. The molecule has 0 fully saturated rings. The van der Waals surface area contributed by atoms with Crippen LogP contribution in [0, 0.1) is 0 Å². The molecule has 4 heavy (non-hydrogen) atoms. The molecular formula is H5KO2Ru. The quantitative estimate of drug-likeness (QED) is 0.374. The minimum absolute atomic E-state index is 0. The van der Waals surface area contributed by atoms with Crippen molar-refractivity contribution in [1.29, 1.82) is 0 Å². The topological polar surface area (TPSA) is 63.0 Å². The first-order valence-corrected chi connectivity index (χ1v) is 0. The van der Waals surface area contributed by atoms with Crippen molar-refractivity contribution in [3.05, 3.63) is 0 Å². The number of rotatable bonds is 0. The summed E-state index contributed by atoms with van der Waals surface area (Å²) in [5.41, 5.74) is 0. The van der Waals surface area contributed by atoms with Gasteiger partial charge in [-0.15, -0.1) is 0 Å². The second-order valence-corrected chi connectivity index (χ2v) is 0. The molecule has 0 bridgehead atoms. The van der Waals surface area contributed by atoms with Crippen LogP contribution in [0.3, 0.4) is 0 Å². The molecule has 0 atom stereocenters. The van der Waals surface area contributed by atoms with Crippen LogP contribution in [0.25, 0.3) is 0 Å². The van der Waals surface area contributed by atoms with Crippen LogP contribution < -0.4 is 0 Å². The zero-order valence-corrected chi connectivity index (χ0v) is 3.09. The first-order valence-electron chi connectivity index (χ1n) is 0. The Kier molecular flexibility index (Phi) is 166. The van der Waals surface area contributed by atoms with Crippen LogP contribution in [-0.4, -0.2) is 62.3 Å². The average molecular weight is 177 g/mol. The third-order valence-corrected chi connectivity index (χ3v) is 0. The number of hydrogen-bond donors (Lipinski definition) is 0. The van der Waals surface area contributed by atoms with Gasteiger partial charge >= 0.3 is 51.4 Å². The molecule has 0 aromatic heterocycles. The van der Waals surface area contributed by atoms with E-state index in [1.54, 1.807) is 0 Å². The Hall–Kier alpha value is 2.18. The second kappa shape index (κ2) is 19.0. The molecule has 2 nitrogen and oxygen atoms in total.